The Kier molecular flexibility index (Phi) is 8.83. The van der Waals surface area contributed by atoms with Gasteiger partial charge >= 0.3 is 11.8 Å². The van der Waals surface area contributed by atoms with Crippen molar-refractivity contribution < 1.29 is 19.1 Å². The fourth-order valence-corrected chi connectivity index (χ4v) is 2.32. The summed E-state index contributed by atoms with van der Waals surface area (Å²) in [4.78, 5) is 35.1. The van der Waals surface area contributed by atoms with Crippen molar-refractivity contribution >= 4 is 41.2 Å². The molecule has 2 aromatic rings. The molecule has 158 valence electrons. The maximum atomic E-state index is 12.0. The molecule has 2 aromatic carbocycles. The van der Waals surface area contributed by atoms with Crippen LogP contribution in [0.25, 0.3) is 0 Å². The van der Waals surface area contributed by atoms with Gasteiger partial charge in [-0.3, -0.25) is 14.4 Å². The van der Waals surface area contributed by atoms with Crippen LogP contribution in [0, 0.1) is 5.92 Å². The summed E-state index contributed by atoms with van der Waals surface area (Å²) in [6.07, 6.45) is 1.39. The highest BCUT2D eigenvalue weighted by Crippen LogP contribution is 2.20. The number of hydrogen-bond acceptors (Lipinski definition) is 5. The van der Waals surface area contributed by atoms with Gasteiger partial charge in [0.2, 0.25) is 0 Å². The van der Waals surface area contributed by atoms with Crippen molar-refractivity contribution in [3.8, 4) is 5.75 Å². The zero-order valence-electron chi connectivity index (χ0n) is 16.6. The zero-order chi connectivity index (χ0) is 21.9. The molecule has 0 heterocycles. The number of hydrazone groups is 1. The Morgan fingerprint density at radius 3 is 2.43 bits per heavy atom. The van der Waals surface area contributed by atoms with Crippen molar-refractivity contribution in [1.29, 1.82) is 0 Å². The van der Waals surface area contributed by atoms with E-state index in [1.807, 2.05) is 13.8 Å². The summed E-state index contributed by atoms with van der Waals surface area (Å²) in [6, 6.07) is 13.6. The van der Waals surface area contributed by atoms with Crippen molar-refractivity contribution in [3.63, 3.8) is 0 Å². The van der Waals surface area contributed by atoms with Gasteiger partial charge in [0.1, 0.15) is 5.75 Å². The van der Waals surface area contributed by atoms with Gasteiger partial charge in [-0.1, -0.05) is 37.6 Å². The number of anilines is 1. The molecule has 0 saturated carbocycles. The van der Waals surface area contributed by atoms with Gasteiger partial charge in [-0.25, -0.2) is 5.43 Å². The molecule has 0 aliphatic heterocycles. The molecule has 0 fully saturated rings. The summed E-state index contributed by atoms with van der Waals surface area (Å²) in [5.74, 6) is -1.19. The normalized spacial score (nSPS) is 10.7. The number of carbonyl (C=O) groups is 3. The molecule has 0 spiro atoms. The number of carbonyl (C=O) groups excluding carboxylic acids is 3. The third-order valence-electron chi connectivity index (χ3n) is 3.65. The van der Waals surface area contributed by atoms with E-state index in [-0.39, 0.29) is 18.4 Å². The number of para-hydroxylation sites is 1. The van der Waals surface area contributed by atoms with Gasteiger partial charge in [0.25, 0.3) is 5.91 Å². The van der Waals surface area contributed by atoms with E-state index in [1.54, 1.807) is 48.5 Å². The van der Waals surface area contributed by atoms with E-state index in [4.69, 9.17) is 16.3 Å². The average Bonchev–Trinajstić information content (AvgIpc) is 2.73. The highest BCUT2D eigenvalue weighted by molar-refractivity contribution is 6.35. The van der Waals surface area contributed by atoms with Crippen LogP contribution in [0.15, 0.2) is 53.6 Å². The second-order valence-electron chi connectivity index (χ2n) is 6.69. The van der Waals surface area contributed by atoms with E-state index < -0.39 is 11.8 Å². The molecule has 3 amide bonds. The van der Waals surface area contributed by atoms with Crippen LogP contribution in [0.4, 0.5) is 5.69 Å². The second kappa shape index (κ2) is 11.6. The molecular formula is C21H23ClN4O4. The Bertz CT molecular complexity index is 913. The van der Waals surface area contributed by atoms with Crippen molar-refractivity contribution in [2.75, 3.05) is 18.5 Å². The summed E-state index contributed by atoms with van der Waals surface area (Å²) in [5, 5.41) is 9.35. The van der Waals surface area contributed by atoms with Gasteiger partial charge in [-0.2, -0.15) is 5.10 Å². The molecular weight excluding hydrogens is 408 g/mol. The quantitative estimate of drug-likeness (QED) is 0.339. The summed E-state index contributed by atoms with van der Waals surface area (Å²) >= 11 is 5.99. The molecule has 30 heavy (non-hydrogen) atoms. The van der Waals surface area contributed by atoms with Crippen molar-refractivity contribution in [2.24, 2.45) is 11.0 Å². The summed E-state index contributed by atoms with van der Waals surface area (Å²) in [5.41, 5.74) is 3.35. The minimum Gasteiger partial charge on any atom is -0.484 e. The molecule has 0 aliphatic rings. The van der Waals surface area contributed by atoms with Crippen LogP contribution in [0.3, 0.4) is 0 Å². The molecule has 9 heteroatoms. The lowest BCUT2D eigenvalue weighted by molar-refractivity contribution is -0.139. The van der Waals surface area contributed by atoms with E-state index in [9.17, 15) is 14.4 Å². The first-order chi connectivity index (χ1) is 14.3. The van der Waals surface area contributed by atoms with Gasteiger partial charge in [0, 0.05) is 6.54 Å². The van der Waals surface area contributed by atoms with Crippen molar-refractivity contribution in [3.05, 3.63) is 59.1 Å². The van der Waals surface area contributed by atoms with Crippen LogP contribution in [0.1, 0.15) is 19.4 Å². The van der Waals surface area contributed by atoms with Crippen LogP contribution < -0.4 is 20.8 Å². The van der Waals surface area contributed by atoms with Crippen LogP contribution in [0.5, 0.6) is 5.75 Å². The minimum absolute atomic E-state index is 0.180. The van der Waals surface area contributed by atoms with Gasteiger partial charge in [0.15, 0.2) is 6.61 Å². The lowest BCUT2D eigenvalue weighted by Crippen LogP contribution is -2.39. The second-order valence-corrected chi connectivity index (χ2v) is 7.10. The molecule has 8 nitrogen and oxygen atoms in total. The third-order valence-corrected chi connectivity index (χ3v) is 3.98. The first-order valence-electron chi connectivity index (χ1n) is 9.23. The zero-order valence-corrected chi connectivity index (χ0v) is 17.4. The Labute approximate surface area is 179 Å². The first kappa shape index (κ1) is 22.9. The van der Waals surface area contributed by atoms with Gasteiger partial charge in [-0.05, 0) is 47.9 Å². The molecule has 2 rings (SSSR count). The maximum Gasteiger partial charge on any atom is 0.329 e. The molecule has 0 aromatic heterocycles. The van der Waals surface area contributed by atoms with Crippen LogP contribution in [-0.2, 0) is 14.4 Å². The Morgan fingerprint density at radius 2 is 1.77 bits per heavy atom. The van der Waals surface area contributed by atoms with Gasteiger partial charge in [-0.15, -0.1) is 0 Å². The van der Waals surface area contributed by atoms with Gasteiger partial charge in [0.05, 0.1) is 16.9 Å². The molecule has 3 N–H and O–H groups in total. The SMILES string of the molecule is CC(C)CNC(=O)C(=O)N/N=C\c1ccc(OCC(=O)Nc2ccccc2Cl)cc1. The van der Waals surface area contributed by atoms with Gasteiger partial charge < -0.3 is 15.4 Å². The molecule has 0 radical (unpaired) electrons. The standard InChI is InChI=1S/C21H23ClN4O4/c1-14(2)11-23-20(28)21(29)26-24-12-15-7-9-16(10-8-15)30-13-19(27)25-18-6-4-3-5-17(18)22/h3-10,12,14H,11,13H2,1-2H3,(H,23,28)(H,25,27)(H,26,29)/b24-12-. The number of rotatable bonds is 8. The largest absolute Gasteiger partial charge is 0.484 e. The fourth-order valence-electron chi connectivity index (χ4n) is 2.14. The van der Waals surface area contributed by atoms with Crippen molar-refractivity contribution in [2.45, 2.75) is 13.8 Å². The molecule has 0 aliphatic carbocycles. The average molecular weight is 431 g/mol. The predicted octanol–water partition coefficient (Wildman–Crippen LogP) is 2.58. The number of hydrogen-bond donors (Lipinski definition) is 3. The lowest BCUT2D eigenvalue weighted by Gasteiger charge is -2.08. The summed E-state index contributed by atoms with van der Waals surface area (Å²) in [6.45, 7) is 4.08. The van der Waals surface area contributed by atoms with E-state index in [0.717, 1.165) is 0 Å². The molecule has 0 bridgehead atoms. The third kappa shape index (κ3) is 7.92. The number of halogens is 1. The first-order valence-corrected chi connectivity index (χ1v) is 9.61. The fraction of sp³-hybridized carbons (Fsp3) is 0.238. The number of nitrogens with zero attached hydrogens (tertiary/aromatic N) is 1. The summed E-state index contributed by atoms with van der Waals surface area (Å²) < 4.78 is 5.43. The predicted molar refractivity (Wildman–Crippen MR) is 116 cm³/mol. The summed E-state index contributed by atoms with van der Waals surface area (Å²) in [7, 11) is 0. The van der Waals surface area contributed by atoms with E-state index in [2.05, 4.69) is 21.2 Å². The smallest absolute Gasteiger partial charge is 0.329 e. The minimum atomic E-state index is -0.837. The number of benzene rings is 2. The Morgan fingerprint density at radius 1 is 1.07 bits per heavy atom. The highest BCUT2D eigenvalue weighted by Gasteiger charge is 2.12. The number of ether oxygens (including phenoxy) is 1. The van der Waals surface area contributed by atoms with Crippen LogP contribution >= 0.6 is 11.6 Å². The Hall–Kier alpha value is -3.39. The number of nitrogens with one attached hydrogen (secondary N) is 3. The van der Waals surface area contributed by atoms with E-state index in [0.29, 0.717) is 28.6 Å². The van der Waals surface area contributed by atoms with Crippen molar-refractivity contribution in [1.82, 2.24) is 10.7 Å². The topological polar surface area (TPSA) is 109 Å². The molecule has 0 saturated heterocycles. The molecule has 0 unspecified atom stereocenters. The van der Waals surface area contributed by atoms with Crippen LogP contribution in [-0.4, -0.2) is 37.1 Å². The van der Waals surface area contributed by atoms with Crippen LogP contribution in [0.2, 0.25) is 5.02 Å². The van der Waals surface area contributed by atoms with E-state index >= 15 is 0 Å². The Balaban J connectivity index is 1.77. The number of amides is 3. The maximum absolute atomic E-state index is 12.0. The van der Waals surface area contributed by atoms with E-state index in [1.165, 1.54) is 6.21 Å². The highest BCUT2D eigenvalue weighted by atomic mass is 35.5. The lowest BCUT2D eigenvalue weighted by atomic mass is 10.2. The molecule has 0 atom stereocenters. The monoisotopic (exact) mass is 430 g/mol.